The molecular formula is C19H19F3N2O. The molecule has 0 saturated heterocycles. The average Bonchev–Trinajstić information content (AvgIpc) is 2.95. The summed E-state index contributed by atoms with van der Waals surface area (Å²) in [6.45, 7) is 2.69. The summed E-state index contributed by atoms with van der Waals surface area (Å²) in [5.74, 6) is -0.0277. The van der Waals surface area contributed by atoms with Crippen LogP contribution in [0, 0.1) is 6.92 Å². The van der Waals surface area contributed by atoms with Crippen molar-refractivity contribution in [3.8, 4) is 5.75 Å². The van der Waals surface area contributed by atoms with Gasteiger partial charge in [-0.15, -0.1) is 0 Å². The molecule has 1 aromatic heterocycles. The van der Waals surface area contributed by atoms with Gasteiger partial charge in [0, 0.05) is 6.54 Å². The van der Waals surface area contributed by atoms with E-state index in [4.69, 9.17) is 4.74 Å². The molecule has 0 amide bonds. The molecule has 0 fully saturated rings. The molecule has 0 radical (unpaired) electrons. The highest BCUT2D eigenvalue weighted by Crippen LogP contribution is 2.31. The first-order chi connectivity index (χ1) is 12.0. The fraction of sp³-hybridized carbons (Fsp3) is 0.316. The summed E-state index contributed by atoms with van der Waals surface area (Å²) in [6, 6.07) is 14.4. The maximum absolute atomic E-state index is 13.2. The van der Waals surface area contributed by atoms with Gasteiger partial charge in [-0.2, -0.15) is 13.2 Å². The Labute approximate surface area is 144 Å². The van der Waals surface area contributed by atoms with Gasteiger partial charge in [0.1, 0.15) is 5.75 Å². The van der Waals surface area contributed by atoms with Gasteiger partial charge in [-0.3, -0.25) is 0 Å². The fourth-order valence-corrected chi connectivity index (χ4v) is 2.79. The first-order valence-corrected chi connectivity index (χ1v) is 8.18. The average molecular weight is 348 g/mol. The van der Waals surface area contributed by atoms with Crippen LogP contribution in [0.2, 0.25) is 0 Å². The van der Waals surface area contributed by atoms with Gasteiger partial charge in [0.05, 0.1) is 17.6 Å². The van der Waals surface area contributed by atoms with E-state index in [1.807, 2.05) is 31.2 Å². The minimum Gasteiger partial charge on any atom is -0.493 e. The number of hydrogen-bond acceptors (Lipinski definition) is 2. The Hall–Kier alpha value is -2.50. The van der Waals surface area contributed by atoms with E-state index in [1.54, 1.807) is 24.3 Å². The SMILES string of the molecule is Cc1ccccc1OCCCCn1c(C(F)(F)F)nc2ccccc21. The number of para-hydroxylation sites is 3. The van der Waals surface area contributed by atoms with Crippen LogP contribution >= 0.6 is 0 Å². The van der Waals surface area contributed by atoms with Crippen molar-refractivity contribution in [3.05, 3.63) is 59.9 Å². The maximum atomic E-state index is 13.2. The van der Waals surface area contributed by atoms with Gasteiger partial charge in [-0.05, 0) is 43.5 Å². The molecule has 0 saturated carbocycles. The standard InChI is InChI=1S/C19H19F3N2O/c1-14-8-2-5-11-17(14)25-13-7-6-12-24-16-10-4-3-9-15(16)23-18(24)19(20,21)22/h2-5,8-11H,6-7,12-13H2,1H3. The van der Waals surface area contributed by atoms with Gasteiger partial charge < -0.3 is 9.30 Å². The quantitative estimate of drug-likeness (QED) is 0.571. The molecule has 2 aromatic carbocycles. The number of halogens is 3. The lowest BCUT2D eigenvalue weighted by molar-refractivity contribution is -0.147. The topological polar surface area (TPSA) is 27.1 Å². The Morgan fingerprint density at radius 2 is 1.72 bits per heavy atom. The molecule has 0 aliphatic heterocycles. The number of rotatable bonds is 6. The van der Waals surface area contributed by atoms with E-state index in [0.717, 1.165) is 11.3 Å². The molecule has 1 heterocycles. The molecule has 0 N–H and O–H groups in total. The first-order valence-electron chi connectivity index (χ1n) is 8.18. The summed E-state index contributed by atoms with van der Waals surface area (Å²) in [5.41, 5.74) is 1.92. The molecule has 25 heavy (non-hydrogen) atoms. The number of aromatic nitrogens is 2. The van der Waals surface area contributed by atoms with Crippen molar-refractivity contribution in [2.24, 2.45) is 0 Å². The number of ether oxygens (including phenoxy) is 1. The van der Waals surface area contributed by atoms with Gasteiger partial charge in [0.15, 0.2) is 0 Å². The molecule has 0 aliphatic carbocycles. The monoisotopic (exact) mass is 348 g/mol. The third-order valence-electron chi connectivity index (χ3n) is 4.04. The molecule has 0 unspecified atom stereocenters. The smallest absolute Gasteiger partial charge is 0.449 e. The summed E-state index contributed by atoms with van der Waals surface area (Å²) in [6.07, 6.45) is -3.22. The fourth-order valence-electron chi connectivity index (χ4n) is 2.79. The molecule has 0 atom stereocenters. The van der Waals surface area contributed by atoms with Crippen LogP contribution in [-0.4, -0.2) is 16.2 Å². The van der Waals surface area contributed by atoms with Crippen LogP contribution in [0.5, 0.6) is 5.75 Å². The molecule has 0 bridgehead atoms. The number of hydrogen-bond donors (Lipinski definition) is 0. The zero-order valence-corrected chi connectivity index (χ0v) is 13.9. The van der Waals surface area contributed by atoms with E-state index < -0.39 is 12.0 Å². The number of aryl methyl sites for hydroxylation is 2. The minimum absolute atomic E-state index is 0.256. The minimum atomic E-state index is -4.46. The molecule has 3 rings (SSSR count). The van der Waals surface area contributed by atoms with Gasteiger partial charge in [0.25, 0.3) is 0 Å². The molecule has 132 valence electrons. The van der Waals surface area contributed by atoms with Crippen molar-refractivity contribution in [3.63, 3.8) is 0 Å². The van der Waals surface area contributed by atoms with Crippen molar-refractivity contribution < 1.29 is 17.9 Å². The van der Waals surface area contributed by atoms with E-state index in [0.29, 0.717) is 30.5 Å². The molecule has 3 nitrogen and oxygen atoms in total. The van der Waals surface area contributed by atoms with Crippen molar-refractivity contribution in [1.82, 2.24) is 9.55 Å². The van der Waals surface area contributed by atoms with Gasteiger partial charge >= 0.3 is 6.18 Å². The summed E-state index contributed by atoms with van der Waals surface area (Å²) in [7, 11) is 0. The summed E-state index contributed by atoms with van der Waals surface area (Å²) in [4.78, 5) is 3.75. The largest absolute Gasteiger partial charge is 0.493 e. The van der Waals surface area contributed by atoms with E-state index in [9.17, 15) is 13.2 Å². The van der Waals surface area contributed by atoms with Gasteiger partial charge in [0.2, 0.25) is 5.82 Å². The number of imidazole rings is 1. The molecule has 0 spiro atoms. The third kappa shape index (κ3) is 3.95. The van der Waals surface area contributed by atoms with Crippen molar-refractivity contribution in [1.29, 1.82) is 0 Å². The predicted molar refractivity (Wildman–Crippen MR) is 90.6 cm³/mol. The Balaban J connectivity index is 1.64. The first kappa shape index (κ1) is 17.3. The lowest BCUT2D eigenvalue weighted by Gasteiger charge is -2.12. The Kier molecular flexibility index (Phi) is 4.97. The molecule has 0 aliphatic rings. The molecular weight excluding hydrogens is 329 g/mol. The number of unbranched alkanes of at least 4 members (excludes halogenated alkanes) is 1. The lowest BCUT2D eigenvalue weighted by Crippen LogP contribution is -2.15. The normalized spacial score (nSPS) is 11.8. The summed E-state index contributed by atoms with van der Waals surface area (Å²) in [5, 5.41) is 0. The number of benzene rings is 2. The molecule has 6 heteroatoms. The van der Waals surface area contributed by atoms with Crippen molar-refractivity contribution in [2.75, 3.05) is 6.61 Å². The Bertz CT molecular complexity index is 855. The van der Waals surface area contributed by atoms with Crippen LogP contribution in [0.1, 0.15) is 24.2 Å². The Morgan fingerprint density at radius 3 is 2.48 bits per heavy atom. The maximum Gasteiger partial charge on any atom is 0.449 e. The zero-order chi connectivity index (χ0) is 17.9. The van der Waals surface area contributed by atoms with Crippen LogP contribution in [0.25, 0.3) is 11.0 Å². The highest BCUT2D eigenvalue weighted by molar-refractivity contribution is 5.76. The van der Waals surface area contributed by atoms with E-state index in [1.165, 1.54) is 4.57 Å². The van der Waals surface area contributed by atoms with Crippen LogP contribution in [0.15, 0.2) is 48.5 Å². The summed E-state index contributed by atoms with van der Waals surface area (Å²) >= 11 is 0. The second-order valence-electron chi connectivity index (χ2n) is 5.89. The second-order valence-corrected chi connectivity index (χ2v) is 5.89. The van der Waals surface area contributed by atoms with Crippen LogP contribution in [0.4, 0.5) is 13.2 Å². The van der Waals surface area contributed by atoms with Crippen molar-refractivity contribution >= 4 is 11.0 Å². The van der Waals surface area contributed by atoms with Crippen molar-refractivity contribution in [2.45, 2.75) is 32.5 Å². The van der Waals surface area contributed by atoms with Gasteiger partial charge in [-0.25, -0.2) is 4.98 Å². The van der Waals surface area contributed by atoms with E-state index >= 15 is 0 Å². The Morgan fingerprint density at radius 1 is 1.00 bits per heavy atom. The van der Waals surface area contributed by atoms with Crippen LogP contribution in [0.3, 0.4) is 0 Å². The number of nitrogens with zero attached hydrogens (tertiary/aromatic N) is 2. The van der Waals surface area contributed by atoms with Crippen LogP contribution < -0.4 is 4.74 Å². The van der Waals surface area contributed by atoms with Gasteiger partial charge in [-0.1, -0.05) is 30.3 Å². The molecule has 3 aromatic rings. The second kappa shape index (κ2) is 7.17. The number of fused-ring (bicyclic) bond motifs is 1. The number of alkyl halides is 3. The highest BCUT2D eigenvalue weighted by atomic mass is 19.4. The van der Waals surface area contributed by atoms with E-state index in [-0.39, 0.29) is 6.54 Å². The highest BCUT2D eigenvalue weighted by Gasteiger charge is 2.37. The van der Waals surface area contributed by atoms with E-state index in [2.05, 4.69) is 4.98 Å². The lowest BCUT2D eigenvalue weighted by atomic mass is 10.2. The summed E-state index contributed by atoms with van der Waals surface area (Å²) < 4.78 is 46.6. The van der Waals surface area contributed by atoms with Crippen LogP contribution in [-0.2, 0) is 12.7 Å². The zero-order valence-electron chi connectivity index (χ0n) is 13.9. The predicted octanol–water partition coefficient (Wildman–Crippen LogP) is 5.22. The third-order valence-corrected chi connectivity index (χ3v) is 4.04.